The summed E-state index contributed by atoms with van der Waals surface area (Å²) in [6.07, 6.45) is 2.87. The molecule has 0 unspecified atom stereocenters. The van der Waals surface area contributed by atoms with Crippen LogP contribution in [-0.2, 0) is 24.3 Å². The van der Waals surface area contributed by atoms with Crippen molar-refractivity contribution in [2.24, 2.45) is 0 Å². The molecule has 0 fully saturated rings. The topological polar surface area (TPSA) is 77.1 Å². The summed E-state index contributed by atoms with van der Waals surface area (Å²) in [6.45, 7) is 0.912. The number of methoxy groups -OCH3 is 1. The van der Waals surface area contributed by atoms with Crippen LogP contribution in [0.2, 0.25) is 5.02 Å². The van der Waals surface area contributed by atoms with Crippen molar-refractivity contribution in [3.63, 3.8) is 0 Å². The molecular formula is C17H16ClN3O3. The minimum Gasteiger partial charge on any atom is -0.487 e. The highest BCUT2D eigenvalue weighted by Gasteiger charge is 2.26. The summed E-state index contributed by atoms with van der Waals surface area (Å²) in [4.78, 5) is 12.1. The van der Waals surface area contributed by atoms with Crippen LogP contribution in [0, 0.1) is 11.3 Å². The first-order valence-electron chi connectivity index (χ1n) is 7.63. The molecule has 2 heterocycles. The van der Waals surface area contributed by atoms with Crippen LogP contribution in [0.25, 0.3) is 0 Å². The second kappa shape index (κ2) is 6.93. The third-order valence-electron chi connectivity index (χ3n) is 3.99. The molecule has 24 heavy (non-hydrogen) atoms. The lowest BCUT2D eigenvalue weighted by Crippen LogP contribution is -2.14. The van der Waals surface area contributed by atoms with Crippen molar-refractivity contribution in [1.29, 1.82) is 5.26 Å². The minimum atomic E-state index is -0.398. The third kappa shape index (κ3) is 3.08. The summed E-state index contributed by atoms with van der Waals surface area (Å²) in [5.41, 5.74) is 2.28. The average molecular weight is 346 g/mol. The number of carbonyl (C=O) groups excluding carboxylic acids is 1. The van der Waals surface area contributed by atoms with E-state index in [0.717, 1.165) is 31.5 Å². The van der Waals surface area contributed by atoms with Crippen LogP contribution in [0.5, 0.6) is 5.75 Å². The van der Waals surface area contributed by atoms with Gasteiger partial charge in [-0.05, 0) is 37.5 Å². The number of nitriles is 1. The van der Waals surface area contributed by atoms with Gasteiger partial charge in [0.15, 0.2) is 0 Å². The summed E-state index contributed by atoms with van der Waals surface area (Å²) < 4.78 is 12.5. The Bertz CT molecular complexity index is 823. The van der Waals surface area contributed by atoms with Gasteiger partial charge in [0.05, 0.1) is 23.4 Å². The second-order valence-electron chi connectivity index (χ2n) is 5.48. The normalized spacial score (nSPS) is 13.0. The van der Waals surface area contributed by atoms with Gasteiger partial charge in [-0.1, -0.05) is 11.6 Å². The van der Waals surface area contributed by atoms with Crippen LogP contribution in [0.15, 0.2) is 18.2 Å². The standard InChI is InChI=1S/C17H16ClN3O3/c1-23-17(22)16-14(20-21-7-3-2-4-15(16)21)10-24-12-5-6-13(18)11(8-12)9-19/h5-6,8H,2-4,7,10H2,1H3. The van der Waals surface area contributed by atoms with Crippen molar-refractivity contribution in [2.75, 3.05) is 7.11 Å². The molecule has 0 aliphatic carbocycles. The number of esters is 1. The van der Waals surface area contributed by atoms with Crippen molar-refractivity contribution in [2.45, 2.75) is 32.4 Å². The van der Waals surface area contributed by atoms with Gasteiger partial charge in [0.2, 0.25) is 0 Å². The zero-order valence-electron chi connectivity index (χ0n) is 13.2. The number of halogens is 1. The van der Waals surface area contributed by atoms with Gasteiger partial charge < -0.3 is 9.47 Å². The Balaban J connectivity index is 1.86. The van der Waals surface area contributed by atoms with E-state index in [1.54, 1.807) is 18.2 Å². The molecule has 1 aromatic heterocycles. The average Bonchev–Trinajstić information content (AvgIpc) is 2.98. The van der Waals surface area contributed by atoms with Gasteiger partial charge in [-0.3, -0.25) is 4.68 Å². The van der Waals surface area contributed by atoms with Crippen LogP contribution in [-0.4, -0.2) is 22.9 Å². The maximum atomic E-state index is 12.1. The van der Waals surface area contributed by atoms with Gasteiger partial charge >= 0.3 is 5.97 Å². The fraction of sp³-hybridized carbons (Fsp3) is 0.353. The van der Waals surface area contributed by atoms with Crippen molar-refractivity contribution >= 4 is 17.6 Å². The van der Waals surface area contributed by atoms with Crippen LogP contribution < -0.4 is 4.74 Å². The molecular weight excluding hydrogens is 330 g/mol. The van der Waals surface area contributed by atoms with Gasteiger partial charge in [-0.25, -0.2) is 4.79 Å². The number of nitrogens with zero attached hydrogens (tertiary/aromatic N) is 3. The summed E-state index contributed by atoms with van der Waals surface area (Å²) >= 11 is 5.91. The number of rotatable bonds is 4. The van der Waals surface area contributed by atoms with Gasteiger partial charge in [0, 0.05) is 6.54 Å². The maximum Gasteiger partial charge on any atom is 0.341 e. The number of hydrogen-bond donors (Lipinski definition) is 0. The zero-order chi connectivity index (χ0) is 17.1. The molecule has 0 spiro atoms. The Morgan fingerprint density at radius 2 is 2.29 bits per heavy atom. The highest BCUT2D eigenvalue weighted by atomic mass is 35.5. The smallest absolute Gasteiger partial charge is 0.341 e. The fourth-order valence-electron chi connectivity index (χ4n) is 2.81. The molecule has 0 amide bonds. The number of aromatic nitrogens is 2. The van der Waals surface area contributed by atoms with E-state index in [1.807, 2.05) is 10.8 Å². The van der Waals surface area contributed by atoms with Crippen LogP contribution in [0.4, 0.5) is 0 Å². The van der Waals surface area contributed by atoms with Gasteiger partial charge in [0.1, 0.15) is 29.7 Å². The molecule has 0 atom stereocenters. The number of benzene rings is 1. The highest BCUT2D eigenvalue weighted by Crippen LogP contribution is 2.25. The number of ether oxygens (including phenoxy) is 2. The largest absolute Gasteiger partial charge is 0.487 e. The molecule has 0 saturated heterocycles. The molecule has 0 saturated carbocycles. The summed E-state index contributed by atoms with van der Waals surface area (Å²) in [5.74, 6) is 0.100. The highest BCUT2D eigenvalue weighted by molar-refractivity contribution is 6.31. The van der Waals surface area contributed by atoms with E-state index >= 15 is 0 Å². The molecule has 1 aliphatic heterocycles. The second-order valence-corrected chi connectivity index (χ2v) is 5.89. The van der Waals surface area contributed by atoms with E-state index in [4.69, 9.17) is 26.3 Å². The van der Waals surface area contributed by atoms with E-state index in [0.29, 0.717) is 27.6 Å². The van der Waals surface area contributed by atoms with E-state index in [9.17, 15) is 4.79 Å². The lowest BCUT2D eigenvalue weighted by molar-refractivity contribution is 0.0596. The summed E-state index contributed by atoms with van der Waals surface area (Å²) in [5, 5.41) is 13.9. The molecule has 124 valence electrons. The Labute approximate surface area is 144 Å². The molecule has 3 rings (SSSR count). The predicted molar refractivity (Wildman–Crippen MR) is 87.0 cm³/mol. The van der Waals surface area contributed by atoms with Crippen molar-refractivity contribution < 1.29 is 14.3 Å². The van der Waals surface area contributed by atoms with E-state index in [2.05, 4.69) is 5.10 Å². The predicted octanol–water partition coefficient (Wildman–Crippen LogP) is 3.11. The first-order valence-corrected chi connectivity index (χ1v) is 8.01. The van der Waals surface area contributed by atoms with Gasteiger partial charge in [-0.15, -0.1) is 0 Å². The van der Waals surface area contributed by atoms with E-state index < -0.39 is 5.97 Å². The summed E-state index contributed by atoms with van der Waals surface area (Å²) in [7, 11) is 1.36. The number of aryl methyl sites for hydroxylation is 1. The molecule has 1 aromatic carbocycles. The first-order chi connectivity index (χ1) is 11.6. The Kier molecular flexibility index (Phi) is 4.72. The lowest BCUT2D eigenvalue weighted by Gasteiger charge is -2.13. The zero-order valence-corrected chi connectivity index (χ0v) is 14.0. The number of carbonyl (C=O) groups is 1. The van der Waals surface area contributed by atoms with Crippen LogP contribution in [0.1, 0.15) is 40.2 Å². The number of fused-ring (bicyclic) bond motifs is 1. The lowest BCUT2D eigenvalue weighted by atomic mass is 10.1. The quantitative estimate of drug-likeness (QED) is 0.796. The van der Waals surface area contributed by atoms with E-state index in [-0.39, 0.29) is 6.61 Å². The van der Waals surface area contributed by atoms with Gasteiger partial charge in [0.25, 0.3) is 0 Å². The maximum absolute atomic E-state index is 12.1. The molecule has 1 aliphatic rings. The number of hydrogen-bond acceptors (Lipinski definition) is 5. The molecule has 0 bridgehead atoms. The van der Waals surface area contributed by atoms with Crippen molar-refractivity contribution in [3.05, 3.63) is 45.7 Å². The van der Waals surface area contributed by atoms with Crippen molar-refractivity contribution in [1.82, 2.24) is 9.78 Å². The molecule has 0 N–H and O–H groups in total. The molecule has 0 radical (unpaired) electrons. The van der Waals surface area contributed by atoms with Crippen LogP contribution in [0.3, 0.4) is 0 Å². The van der Waals surface area contributed by atoms with Gasteiger partial charge in [-0.2, -0.15) is 10.4 Å². The third-order valence-corrected chi connectivity index (χ3v) is 4.32. The van der Waals surface area contributed by atoms with Crippen molar-refractivity contribution in [3.8, 4) is 11.8 Å². The Morgan fingerprint density at radius 3 is 3.04 bits per heavy atom. The Hall–Kier alpha value is -2.52. The monoisotopic (exact) mass is 345 g/mol. The summed E-state index contributed by atoms with van der Waals surface area (Å²) in [6, 6.07) is 6.86. The SMILES string of the molecule is COC(=O)c1c(COc2ccc(Cl)c(C#N)c2)nn2c1CCCC2. The fourth-order valence-corrected chi connectivity index (χ4v) is 2.97. The minimum absolute atomic E-state index is 0.122. The first kappa shape index (κ1) is 16.3. The Morgan fingerprint density at radius 1 is 1.46 bits per heavy atom. The molecule has 7 heteroatoms. The molecule has 2 aromatic rings. The van der Waals surface area contributed by atoms with E-state index in [1.165, 1.54) is 7.11 Å². The molecule has 6 nitrogen and oxygen atoms in total. The van der Waals surface area contributed by atoms with Crippen LogP contribution >= 0.6 is 11.6 Å².